The van der Waals surface area contributed by atoms with E-state index in [-0.39, 0.29) is 6.10 Å². The zero-order chi connectivity index (χ0) is 8.53. The van der Waals surface area contributed by atoms with E-state index in [2.05, 4.69) is 13.5 Å². The molecule has 0 radical (unpaired) electrons. The molecule has 1 heteroatoms. The highest BCUT2D eigenvalue weighted by Gasteiger charge is 2.00. The van der Waals surface area contributed by atoms with Gasteiger partial charge in [0.15, 0.2) is 0 Å². The third-order valence-electron chi connectivity index (χ3n) is 1.74. The summed E-state index contributed by atoms with van der Waals surface area (Å²) in [5.41, 5.74) is 0. The van der Waals surface area contributed by atoms with Crippen LogP contribution in [-0.2, 0) is 4.74 Å². The fourth-order valence-electron chi connectivity index (χ4n) is 1.08. The quantitative estimate of drug-likeness (QED) is 0.406. The minimum atomic E-state index is 0.284. The van der Waals surface area contributed by atoms with Crippen LogP contribution in [0.3, 0.4) is 0 Å². The van der Waals surface area contributed by atoms with Crippen LogP contribution >= 0.6 is 0 Å². The molecule has 0 N–H and O–H groups in total. The Labute approximate surface area is 70.4 Å². The lowest BCUT2D eigenvalue weighted by Gasteiger charge is -2.11. The van der Waals surface area contributed by atoms with Gasteiger partial charge in [-0.1, -0.05) is 32.3 Å². The van der Waals surface area contributed by atoms with Gasteiger partial charge in [0.25, 0.3) is 0 Å². The summed E-state index contributed by atoms with van der Waals surface area (Å²) in [5, 5.41) is 0. The van der Waals surface area contributed by atoms with Crippen LogP contribution in [0.25, 0.3) is 0 Å². The molecule has 1 unspecified atom stereocenters. The number of ether oxygens (including phenoxy) is 1. The molecule has 1 atom stereocenters. The Morgan fingerprint density at radius 1 is 1.36 bits per heavy atom. The first-order valence-electron chi connectivity index (χ1n) is 4.59. The number of rotatable bonds is 7. The van der Waals surface area contributed by atoms with E-state index in [1.54, 1.807) is 0 Å². The van der Waals surface area contributed by atoms with Gasteiger partial charge in [0.1, 0.15) is 0 Å². The lowest BCUT2D eigenvalue weighted by Crippen LogP contribution is -2.08. The Kier molecular flexibility index (Phi) is 7.59. The molecule has 0 spiro atoms. The summed E-state index contributed by atoms with van der Waals surface area (Å²) in [7, 11) is 0. The summed E-state index contributed by atoms with van der Waals surface area (Å²) in [6.07, 6.45) is 7.15. The van der Waals surface area contributed by atoms with Crippen molar-refractivity contribution >= 4 is 0 Å². The minimum Gasteiger partial charge on any atom is -0.374 e. The van der Waals surface area contributed by atoms with Gasteiger partial charge in [-0.05, 0) is 13.3 Å². The first-order valence-corrected chi connectivity index (χ1v) is 4.59. The molecule has 0 aromatic heterocycles. The van der Waals surface area contributed by atoms with Crippen LogP contribution in [0.2, 0.25) is 0 Å². The van der Waals surface area contributed by atoms with E-state index in [1.165, 1.54) is 19.3 Å². The van der Waals surface area contributed by atoms with Gasteiger partial charge in [-0.3, -0.25) is 0 Å². The smallest absolute Gasteiger partial charge is 0.0753 e. The van der Waals surface area contributed by atoms with Gasteiger partial charge in [-0.25, -0.2) is 0 Å². The van der Waals surface area contributed by atoms with Gasteiger partial charge in [0, 0.05) is 6.61 Å². The van der Waals surface area contributed by atoms with Gasteiger partial charge in [0.2, 0.25) is 0 Å². The lowest BCUT2D eigenvalue weighted by atomic mass is 10.1. The minimum absolute atomic E-state index is 0.284. The molecule has 1 nitrogen and oxygen atoms in total. The molecule has 66 valence electrons. The number of hydrogen-bond acceptors (Lipinski definition) is 1. The molecule has 0 rings (SSSR count). The SMILES string of the molecule is C=CC(CCCCC)OCC. The van der Waals surface area contributed by atoms with Crippen molar-refractivity contribution in [1.82, 2.24) is 0 Å². The first-order chi connectivity index (χ1) is 5.35. The van der Waals surface area contributed by atoms with E-state index < -0.39 is 0 Å². The molecule has 0 aliphatic carbocycles. The third kappa shape index (κ3) is 6.11. The predicted octanol–water partition coefficient (Wildman–Crippen LogP) is 3.16. The zero-order valence-corrected chi connectivity index (χ0v) is 7.81. The van der Waals surface area contributed by atoms with Crippen molar-refractivity contribution in [3.05, 3.63) is 12.7 Å². The third-order valence-corrected chi connectivity index (χ3v) is 1.74. The van der Waals surface area contributed by atoms with Crippen LogP contribution in [0.1, 0.15) is 39.5 Å². The van der Waals surface area contributed by atoms with Crippen molar-refractivity contribution in [1.29, 1.82) is 0 Å². The van der Waals surface area contributed by atoms with Crippen LogP contribution in [0.4, 0.5) is 0 Å². The van der Waals surface area contributed by atoms with Gasteiger partial charge in [-0.2, -0.15) is 0 Å². The molecule has 0 bridgehead atoms. The Morgan fingerprint density at radius 2 is 2.09 bits per heavy atom. The molecular formula is C10H20O. The maximum atomic E-state index is 5.42. The summed E-state index contributed by atoms with van der Waals surface area (Å²) < 4.78 is 5.42. The van der Waals surface area contributed by atoms with Crippen molar-refractivity contribution in [2.45, 2.75) is 45.6 Å². The molecule has 0 aliphatic heterocycles. The summed E-state index contributed by atoms with van der Waals surface area (Å²) in [6.45, 7) is 8.76. The molecule has 0 aliphatic rings. The van der Waals surface area contributed by atoms with Crippen LogP contribution < -0.4 is 0 Å². The highest BCUT2D eigenvalue weighted by atomic mass is 16.5. The van der Waals surface area contributed by atoms with Gasteiger partial charge in [0.05, 0.1) is 6.10 Å². The van der Waals surface area contributed by atoms with Crippen molar-refractivity contribution < 1.29 is 4.74 Å². The fraction of sp³-hybridized carbons (Fsp3) is 0.800. The maximum Gasteiger partial charge on any atom is 0.0753 e. The molecule has 0 saturated carbocycles. The van der Waals surface area contributed by atoms with Crippen molar-refractivity contribution in [2.24, 2.45) is 0 Å². The lowest BCUT2D eigenvalue weighted by molar-refractivity contribution is 0.0886. The molecule has 0 aromatic carbocycles. The Balaban J connectivity index is 3.28. The first kappa shape index (κ1) is 10.7. The highest BCUT2D eigenvalue weighted by Crippen LogP contribution is 2.07. The summed E-state index contributed by atoms with van der Waals surface area (Å²) in [5.74, 6) is 0. The van der Waals surface area contributed by atoms with E-state index >= 15 is 0 Å². The normalized spacial score (nSPS) is 12.9. The van der Waals surface area contributed by atoms with Crippen LogP contribution in [-0.4, -0.2) is 12.7 Å². The maximum absolute atomic E-state index is 5.42. The van der Waals surface area contributed by atoms with E-state index in [9.17, 15) is 0 Å². The molecule has 0 aromatic rings. The number of hydrogen-bond donors (Lipinski definition) is 0. The summed E-state index contributed by atoms with van der Waals surface area (Å²) >= 11 is 0. The number of unbranched alkanes of at least 4 members (excludes halogenated alkanes) is 2. The van der Waals surface area contributed by atoms with E-state index in [0.717, 1.165) is 13.0 Å². The van der Waals surface area contributed by atoms with Crippen molar-refractivity contribution in [3.63, 3.8) is 0 Å². The average molecular weight is 156 g/mol. The predicted molar refractivity (Wildman–Crippen MR) is 49.8 cm³/mol. The Morgan fingerprint density at radius 3 is 2.55 bits per heavy atom. The van der Waals surface area contributed by atoms with Crippen LogP contribution in [0.15, 0.2) is 12.7 Å². The van der Waals surface area contributed by atoms with Crippen LogP contribution in [0, 0.1) is 0 Å². The molecule has 0 fully saturated rings. The van der Waals surface area contributed by atoms with Crippen molar-refractivity contribution in [3.8, 4) is 0 Å². The second-order valence-corrected chi connectivity index (χ2v) is 2.73. The molecule has 0 saturated heterocycles. The van der Waals surface area contributed by atoms with Gasteiger partial charge < -0.3 is 4.74 Å². The van der Waals surface area contributed by atoms with E-state index in [1.807, 2.05) is 13.0 Å². The largest absolute Gasteiger partial charge is 0.374 e. The molecule has 11 heavy (non-hydrogen) atoms. The zero-order valence-electron chi connectivity index (χ0n) is 7.81. The van der Waals surface area contributed by atoms with Crippen molar-refractivity contribution in [2.75, 3.05) is 6.61 Å². The topological polar surface area (TPSA) is 9.23 Å². The van der Waals surface area contributed by atoms with Gasteiger partial charge in [-0.15, -0.1) is 6.58 Å². The Bertz CT molecular complexity index is 88.9. The molecular weight excluding hydrogens is 136 g/mol. The summed E-state index contributed by atoms with van der Waals surface area (Å²) in [6, 6.07) is 0. The summed E-state index contributed by atoms with van der Waals surface area (Å²) in [4.78, 5) is 0. The Hall–Kier alpha value is -0.300. The van der Waals surface area contributed by atoms with E-state index in [4.69, 9.17) is 4.74 Å². The van der Waals surface area contributed by atoms with Gasteiger partial charge >= 0.3 is 0 Å². The van der Waals surface area contributed by atoms with E-state index in [0.29, 0.717) is 0 Å². The molecule has 0 amide bonds. The standard InChI is InChI=1S/C10H20O/c1-4-7-8-9-10(5-2)11-6-3/h5,10H,2,4,6-9H2,1,3H3. The average Bonchev–Trinajstić information content (AvgIpc) is 2.03. The molecule has 0 heterocycles. The monoisotopic (exact) mass is 156 g/mol. The fourth-order valence-corrected chi connectivity index (χ4v) is 1.08. The second kappa shape index (κ2) is 7.80. The van der Waals surface area contributed by atoms with Crippen LogP contribution in [0.5, 0.6) is 0 Å². The highest BCUT2D eigenvalue weighted by molar-refractivity contribution is 4.79. The second-order valence-electron chi connectivity index (χ2n) is 2.73.